The Labute approximate surface area is 196 Å². The quantitative estimate of drug-likeness (QED) is 0.477. The third kappa shape index (κ3) is 6.30. The fraction of sp³-hybridized carbons (Fsp3) is 0.577. The van der Waals surface area contributed by atoms with Crippen molar-refractivity contribution in [3.63, 3.8) is 0 Å². The summed E-state index contributed by atoms with van der Waals surface area (Å²) in [6.45, 7) is 6.01. The predicted molar refractivity (Wildman–Crippen MR) is 128 cm³/mol. The van der Waals surface area contributed by atoms with Gasteiger partial charge in [0.2, 0.25) is 0 Å². The molecule has 1 unspecified atom stereocenters. The second-order valence-corrected chi connectivity index (χ2v) is 9.52. The number of pyridine rings is 2. The first-order valence-corrected chi connectivity index (χ1v) is 12.2. The molecule has 7 heteroatoms. The molecule has 178 valence electrons. The maximum absolute atomic E-state index is 11.7. The molecule has 2 aromatic heterocycles. The summed E-state index contributed by atoms with van der Waals surface area (Å²) in [5.74, 6) is 0.915. The van der Waals surface area contributed by atoms with E-state index >= 15 is 0 Å². The summed E-state index contributed by atoms with van der Waals surface area (Å²) in [4.78, 5) is 20.6. The molecule has 3 N–H and O–H groups in total. The minimum atomic E-state index is -0.832. The van der Waals surface area contributed by atoms with Gasteiger partial charge in [-0.1, -0.05) is 6.07 Å². The highest BCUT2D eigenvalue weighted by Gasteiger charge is 2.30. The number of hydrogen-bond donors (Lipinski definition) is 3. The van der Waals surface area contributed by atoms with E-state index in [9.17, 15) is 9.90 Å². The van der Waals surface area contributed by atoms with E-state index in [1.54, 1.807) is 0 Å². The van der Waals surface area contributed by atoms with Gasteiger partial charge in [0.15, 0.2) is 0 Å². The Balaban J connectivity index is 1.14. The Morgan fingerprint density at radius 3 is 2.82 bits per heavy atom. The van der Waals surface area contributed by atoms with E-state index in [0.29, 0.717) is 25.5 Å². The number of aromatic nitrogens is 2. The van der Waals surface area contributed by atoms with Crippen LogP contribution in [0.4, 0.5) is 5.82 Å². The van der Waals surface area contributed by atoms with Crippen molar-refractivity contribution in [3.05, 3.63) is 52.5 Å². The van der Waals surface area contributed by atoms with Gasteiger partial charge in [-0.3, -0.25) is 9.78 Å². The molecular weight excluding hydrogens is 416 g/mol. The molecule has 0 spiro atoms. The minimum absolute atomic E-state index is 0.257. The molecule has 1 atom stereocenters. The van der Waals surface area contributed by atoms with Crippen molar-refractivity contribution in [1.82, 2.24) is 15.3 Å². The van der Waals surface area contributed by atoms with Crippen molar-refractivity contribution in [3.8, 4) is 0 Å². The third-order valence-electron chi connectivity index (χ3n) is 7.02. The first-order chi connectivity index (χ1) is 16.0. The summed E-state index contributed by atoms with van der Waals surface area (Å²) in [5, 5.41) is 16.2. The van der Waals surface area contributed by atoms with Crippen molar-refractivity contribution >= 4 is 11.8 Å². The lowest BCUT2D eigenvalue weighted by atomic mass is 9.79. The molecular formula is C26H36N4O3. The van der Waals surface area contributed by atoms with Crippen LogP contribution < -0.4 is 10.6 Å². The second kappa shape index (κ2) is 11.1. The SMILES string of the molecule is Cc1cncc(C)c1CNC(CCO[C@H]1C[C@@H](CCc2ccc3c(n2)NCCC3)C1)C(=O)O. The standard InChI is InChI=1S/C26H36N4O3/c1-17-14-27-15-18(2)23(17)16-29-24(26(31)32)9-11-33-22-12-19(13-22)5-7-21-8-6-20-4-3-10-28-25(20)30-21/h6,8,14-15,19,22,24,29H,3-5,7,9-13,16H2,1-2H3,(H,28,30)(H,31,32)/t19-,22+,24?. The van der Waals surface area contributed by atoms with Crippen LogP contribution in [0.3, 0.4) is 0 Å². The summed E-state index contributed by atoms with van der Waals surface area (Å²) in [6, 6.07) is 3.78. The predicted octanol–water partition coefficient (Wildman–Crippen LogP) is 3.81. The number of carboxylic acids is 1. The molecule has 1 aliphatic heterocycles. The third-order valence-corrected chi connectivity index (χ3v) is 7.02. The number of carboxylic acid groups (broad SMARTS) is 1. The molecule has 1 saturated carbocycles. The van der Waals surface area contributed by atoms with Crippen LogP contribution in [0.1, 0.15) is 60.1 Å². The van der Waals surface area contributed by atoms with E-state index in [0.717, 1.165) is 61.2 Å². The average molecular weight is 453 g/mol. The van der Waals surface area contributed by atoms with Crippen molar-refractivity contribution in [1.29, 1.82) is 0 Å². The number of rotatable bonds is 11. The van der Waals surface area contributed by atoms with Crippen LogP contribution in [0.15, 0.2) is 24.5 Å². The largest absolute Gasteiger partial charge is 0.480 e. The van der Waals surface area contributed by atoms with Crippen molar-refractivity contribution in [2.75, 3.05) is 18.5 Å². The molecule has 0 aromatic carbocycles. The molecule has 2 aromatic rings. The monoisotopic (exact) mass is 452 g/mol. The molecule has 0 radical (unpaired) electrons. The number of fused-ring (bicyclic) bond motifs is 1. The van der Waals surface area contributed by atoms with Crippen LogP contribution in [0.2, 0.25) is 0 Å². The lowest BCUT2D eigenvalue weighted by Crippen LogP contribution is -2.39. The number of aryl methyl sites for hydroxylation is 4. The van der Waals surface area contributed by atoms with Gasteiger partial charge in [0.25, 0.3) is 0 Å². The van der Waals surface area contributed by atoms with E-state index in [2.05, 4.69) is 27.8 Å². The lowest BCUT2D eigenvalue weighted by Gasteiger charge is -2.35. The number of anilines is 1. The van der Waals surface area contributed by atoms with E-state index in [1.165, 1.54) is 17.7 Å². The molecule has 1 aliphatic carbocycles. The van der Waals surface area contributed by atoms with Crippen LogP contribution in [0.5, 0.6) is 0 Å². The minimum Gasteiger partial charge on any atom is -0.480 e. The number of carbonyl (C=O) groups is 1. The highest BCUT2D eigenvalue weighted by atomic mass is 16.5. The summed E-state index contributed by atoms with van der Waals surface area (Å²) in [6.07, 6.45) is 10.9. The molecule has 4 rings (SSSR count). The fourth-order valence-corrected chi connectivity index (χ4v) is 4.80. The first kappa shape index (κ1) is 23.6. The van der Waals surface area contributed by atoms with Gasteiger partial charge >= 0.3 is 5.97 Å². The van der Waals surface area contributed by atoms with Gasteiger partial charge in [0.1, 0.15) is 11.9 Å². The maximum atomic E-state index is 11.7. The Morgan fingerprint density at radius 1 is 1.27 bits per heavy atom. The van der Waals surface area contributed by atoms with Crippen molar-refractivity contribution in [2.24, 2.45) is 5.92 Å². The number of nitrogens with zero attached hydrogens (tertiary/aromatic N) is 2. The Kier molecular flexibility index (Phi) is 7.93. The van der Waals surface area contributed by atoms with Gasteiger partial charge in [0, 0.05) is 37.8 Å². The lowest BCUT2D eigenvalue weighted by molar-refractivity contribution is -0.140. The summed E-state index contributed by atoms with van der Waals surface area (Å²) in [7, 11) is 0. The molecule has 0 amide bonds. The van der Waals surface area contributed by atoms with Crippen LogP contribution in [-0.2, 0) is 28.9 Å². The highest BCUT2D eigenvalue weighted by molar-refractivity contribution is 5.73. The number of nitrogens with one attached hydrogen (secondary N) is 2. The van der Waals surface area contributed by atoms with Crippen molar-refractivity contribution in [2.45, 2.75) is 77.5 Å². The fourth-order valence-electron chi connectivity index (χ4n) is 4.80. The number of ether oxygens (including phenoxy) is 1. The smallest absolute Gasteiger partial charge is 0.320 e. The zero-order valence-corrected chi connectivity index (χ0v) is 19.8. The van der Waals surface area contributed by atoms with E-state index in [4.69, 9.17) is 9.72 Å². The van der Waals surface area contributed by atoms with E-state index in [1.807, 2.05) is 26.2 Å². The number of aliphatic carboxylic acids is 1. The van der Waals surface area contributed by atoms with Gasteiger partial charge in [0.05, 0.1) is 6.10 Å². The van der Waals surface area contributed by atoms with Gasteiger partial charge in [-0.25, -0.2) is 4.98 Å². The van der Waals surface area contributed by atoms with E-state index in [-0.39, 0.29) is 6.10 Å². The summed E-state index contributed by atoms with van der Waals surface area (Å²) < 4.78 is 5.98. The van der Waals surface area contributed by atoms with Crippen LogP contribution in [-0.4, -0.2) is 46.3 Å². The first-order valence-electron chi connectivity index (χ1n) is 12.2. The Bertz CT molecular complexity index is 938. The van der Waals surface area contributed by atoms with Gasteiger partial charge in [-0.15, -0.1) is 0 Å². The maximum Gasteiger partial charge on any atom is 0.320 e. The van der Waals surface area contributed by atoms with Crippen molar-refractivity contribution < 1.29 is 14.6 Å². The molecule has 0 bridgehead atoms. The molecule has 7 nitrogen and oxygen atoms in total. The van der Waals surface area contributed by atoms with Gasteiger partial charge in [-0.2, -0.15) is 0 Å². The molecule has 1 fully saturated rings. The summed E-state index contributed by atoms with van der Waals surface area (Å²) >= 11 is 0. The van der Waals surface area contributed by atoms with E-state index < -0.39 is 12.0 Å². The number of hydrogen-bond acceptors (Lipinski definition) is 6. The molecule has 2 aliphatic rings. The Morgan fingerprint density at radius 2 is 2.06 bits per heavy atom. The molecule has 3 heterocycles. The van der Waals surface area contributed by atoms with Gasteiger partial charge < -0.3 is 20.5 Å². The normalized spacial score (nSPS) is 20.4. The topological polar surface area (TPSA) is 96.4 Å². The second-order valence-electron chi connectivity index (χ2n) is 9.52. The zero-order valence-electron chi connectivity index (χ0n) is 19.8. The Hall–Kier alpha value is -2.51. The molecule has 33 heavy (non-hydrogen) atoms. The van der Waals surface area contributed by atoms with Crippen LogP contribution in [0.25, 0.3) is 0 Å². The van der Waals surface area contributed by atoms with Crippen LogP contribution >= 0.6 is 0 Å². The molecule has 0 saturated heterocycles. The zero-order chi connectivity index (χ0) is 23.2. The van der Waals surface area contributed by atoms with Crippen LogP contribution in [0, 0.1) is 19.8 Å². The van der Waals surface area contributed by atoms with Gasteiger partial charge in [-0.05, 0) is 93.0 Å². The summed E-state index contributed by atoms with van der Waals surface area (Å²) in [5.41, 5.74) is 5.77. The average Bonchev–Trinajstić information content (AvgIpc) is 2.77. The highest BCUT2D eigenvalue weighted by Crippen LogP contribution is 2.34.